The third-order valence-corrected chi connectivity index (χ3v) is 3.00. The molecule has 0 saturated carbocycles. The number of halogens is 1. The van der Waals surface area contributed by atoms with Gasteiger partial charge in [-0.3, -0.25) is 9.59 Å². The van der Waals surface area contributed by atoms with E-state index in [1.165, 1.54) is 12.1 Å². The Morgan fingerprint density at radius 3 is 2.37 bits per heavy atom. The van der Waals surface area contributed by atoms with Crippen molar-refractivity contribution in [3.8, 4) is 0 Å². The van der Waals surface area contributed by atoms with Crippen molar-refractivity contribution in [3.05, 3.63) is 29.6 Å². The van der Waals surface area contributed by atoms with Gasteiger partial charge >= 0.3 is 0 Å². The predicted molar refractivity (Wildman–Crippen MR) is 72.3 cm³/mol. The Hall–Kier alpha value is -1.91. The standard InChI is InChI=1S/C14H19FN2O2/c1-3-17(4-2)14(19)8-7-13(18)10-5-6-11(15)12(16)9-10/h5-6,9H,3-4,7-8,16H2,1-2H3. The quantitative estimate of drug-likeness (QED) is 0.634. The maximum Gasteiger partial charge on any atom is 0.223 e. The normalized spacial score (nSPS) is 10.3. The number of amides is 1. The molecule has 0 unspecified atom stereocenters. The largest absolute Gasteiger partial charge is 0.396 e. The van der Waals surface area contributed by atoms with Crippen LogP contribution >= 0.6 is 0 Å². The maximum atomic E-state index is 13.0. The van der Waals surface area contributed by atoms with Crippen LogP contribution in [-0.2, 0) is 4.79 Å². The van der Waals surface area contributed by atoms with E-state index in [4.69, 9.17) is 5.73 Å². The zero-order valence-electron chi connectivity index (χ0n) is 11.3. The molecule has 2 N–H and O–H groups in total. The van der Waals surface area contributed by atoms with Gasteiger partial charge in [0.25, 0.3) is 0 Å². The summed E-state index contributed by atoms with van der Waals surface area (Å²) in [6.45, 7) is 5.05. The van der Waals surface area contributed by atoms with Crippen LogP contribution in [0.25, 0.3) is 0 Å². The van der Waals surface area contributed by atoms with E-state index in [9.17, 15) is 14.0 Å². The zero-order chi connectivity index (χ0) is 14.4. The molecule has 1 amide bonds. The summed E-state index contributed by atoms with van der Waals surface area (Å²) in [7, 11) is 0. The number of rotatable bonds is 6. The summed E-state index contributed by atoms with van der Waals surface area (Å²) in [6.07, 6.45) is 0.276. The highest BCUT2D eigenvalue weighted by molar-refractivity contribution is 5.98. The molecule has 0 aliphatic heterocycles. The van der Waals surface area contributed by atoms with Crippen molar-refractivity contribution in [1.29, 1.82) is 0 Å². The van der Waals surface area contributed by atoms with Crippen molar-refractivity contribution in [3.63, 3.8) is 0 Å². The molecule has 0 radical (unpaired) electrons. The highest BCUT2D eigenvalue weighted by Crippen LogP contribution is 2.14. The first-order chi connectivity index (χ1) is 8.99. The van der Waals surface area contributed by atoms with E-state index >= 15 is 0 Å². The number of anilines is 1. The molecule has 0 atom stereocenters. The minimum Gasteiger partial charge on any atom is -0.396 e. The molecule has 0 saturated heterocycles. The van der Waals surface area contributed by atoms with Crippen LogP contribution in [0.4, 0.5) is 10.1 Å². The topological polar surface area (TPSA) is 63.4 Å². The Kier molecular flexibility index (Phi) is 5.48. The van der Waals surface area contributed by atoms with E-state index in [2.05, 4.69) is 0 Å². The second-order valence-electron chi connectivity index (χ2n) is 4.23. The van der Waals surface area contributed by atoms with Crippen molar-refractivity contribution in [2.24, 2.45) is 0 Å². The molecule has 5 heteroatoms. The number of hydrogen-bond acceptors (Lipinski definition) is 3. The second-order valence-corrected chi connectivity index (χ2v) is 4.23. The van der Waals surface area contributed by atoms with E-state index in [0.717, 1.165) is 6.07 Å². The van der Waals surface area contributed by atoms with Crippen molar-refractivity contribution >= 4 is 17.4 Å². The average Bonchev–Trinajstić information content (AvgIpc) is 2.40. The first-order valence-corrected chi connectivity index (χ1v) is 6.35. The molecule has 0 aromatic heterocycles. The number of hydrogen-bond donors (Lipinski definition) is 1. The van der Waals surface area contributed by atoms with Crippen LogP contribution in [0.3, 0.4) is 0 Å². The van der Waals surface area contributed by atoms with Gasteiger partial charge in [0.15, 0.2) is 5.78 Å². The van der Waals surface area contributed by atoms with Crippen LogP contribution in [0, 0.1) is 5.82 Å². The van der Waals surface area contributed by atoms with Crippen molar-refractivity contribution in [1.82, 2.24) is 4.90 Å². The van der Waals surface area contributed by atoms with Crippen LogP contribution < -0.4 is 5.73 Å². The second kappa shape index (κ2) is 6.87. The number of Topliss-reactive ketones (excluding diaryl/α,β-unsaturated/α-hetero) is 1. The molecule has 0 aliphatic rings. The number of ketones is 1. The Morgan fingerprint density at radius 2 is 1.84 bits per heavy atom. The number of nitrogens with zero attached hydrogens (tertiary/aromatic N) is 1. The molecule has 1 aromatic rings. The first kappa shape index (κ1) is 15.1. The molecular formula is C14H19FN2O2. The van der Waals surface area contributed by atoms with Gasteiger partial charge in [0, 0.05) is 31.5 Å². The molecule has 104 valence electrons. The molecule has 1 aromatic carbocycles. The van der Waals surface area contributed by atoms with Crippen LogP contribution in [0.5, 0.6) is 0 Å². The van der Waals surface area contributed by atoms with E-state index < -0.39 is 5.82 Å². The molecule has 0 aliphatic carbocycles. The van der Waals surface area contributed by atoms with Crippen LogP contribution in [-0.4, -0.2) is 29.7 Å². The highest BCUT2D eigenvalue weighted by atomic mass is 19.1. The van der Waals surface area contributed by atoms with Gasteiger partial charge in [-0.1, -0.05) is 0 Å². The Morgan fingerprint density at radius 1 is 1.21 bits per heavy atom. The lowest BCUT2D eigenvalue weighted by Gasteiger charge is -2.18. The lowest BCUT2D eigenvalue weighted by Crippen LogP contribution is -2.30. The van der Waals surface area contributed by atoms with Gasteiger partial charge in [0.05, 0.1) is 5.69 Å². The molecule has 0 spiro atoms. The van der Waals surface area contributed by atoms with Gasteiger partial charge in [-0.25, -0.2) is 4.39 Å². The van der Waals surface area contributed by atoms with Crippen molar-refractivity contribution in [2.45, 2.75) is 26.7 Å². The van der Waals surface area contributed by atoms with Gasteiger partial charge in [0.1, 0.15) is 5.82 Å². The summed E-state index contributed by atoms with van der Waals surface area (Å²) in [5.74, 6) is -0.795. The summed E-state index contributed by atoms with van der Waals surface area (Å²) >= 11 is 0. The van der Waals surface area contributed by atoms with Crippen LogP contribution in [0.2, 0.25) is 0 Å². The van der Waals surface area contributed by atoms with Gasteiger partial charge in [-0.05, 0) is 32.0 Å². The van der Waals surface area contributed by atoms with Crippen molar-refractivity contribution in [2.75, 3.05) is 18.8 Å². The molecule has 1 rings (SSSR count). The van der Waals surface area contributed by atoms with Gasteiger partial charge in [0.2, 0.25) is 5.91 Å². The van der Waals surface area contributed by atoms with Gasteiger partial charge < -0.3 is 10.6 Å². The Labute approximate surface area is 112 Å². The summed E-state index contributed by atoms with van der Waals surface area (Å²) in [6, 6.07) is 3.85. The molecule has 4 nitrogen and oxygen atoms in total. The molecule has 0 heterocycles. The Balaban J connectivity index is 2.60. The number of nitrogens with two attached hydrogens (primary N) is 1. The first-order valence-electron chi connectivity index (χ1n) is 6.35. The minimum atomic E-state index is -0.546. The monoisotopic (exact) mass is 266 g/mol. The molecule has 0 fully saturated rings. The minimum absolute atomic E-state index is 0.0477. The fourth-order valence-electron chi connectivity index (χ4n) is 1.82. The van der Waals surface area contributed by atoms with E-state index in [1.807, 2.05) is 13.8 Å². The SMILES string of the molecule is CCN(CC)C(=O)CCC(=O)c1ccc(F)c(N)c1. The van der Waals surface area contributed by atoms with Crippen LogP contribution in [0.1, 0.15) is 37.0 Å². The average molecular weight is 266 g/mol. The fourth-order valence-corrected chi connectivity index (χ4v) is 1.82. The third kappa shape index (κ3) is 4.05. The third-order valence-electron chi connectivity index (χ3n) is 3.00. The summed E-state index contributed by atoms with van der Waals surface area (Å²) in [5, 5.41) is 0. The van der Waals surface area contributed by atoms with Gasteiger partial charge in [-0.2, -0.15) is 0 Å². The summed E-state index contributed by atoms with van der Waals surface area (Å²) in [4.78, 5) is 25.3. The number of benzene rings is 1. The van der Waals surface area contributed by atoms with E-state index in [-0.39, 0.29) is 30.2 Å². The van der Waals surface area contributed by atoms with Gasteiger partial charge in [-0.15, -0.1) is 0 Å². The number of carbonyl (C=O) groups excluding carboxylic acids is 2. The molecule has 19 heavy (non-hydrogen) atoms. The number of nitrogen functional groups attached to an aromatic ring is 1. The lowest BCUT2D eigenvalue weighted by molar-refractivity contribution is -0.130. The number of carbonyl (C=O) groups is 2. The lowest BCUT2D eigenvalue weighted by atomic mass is 10.1. The van der Waals surface area contributed by atoms with E-state index in [0.29, 0.717) is 18.7 Å². The van der Waals surface area contributed by atoms with Crippen molar-refractivity contribution < 1.29 is 14.0 Å². The molecule has 0 bridgehead atoms. The fraction of sp³-hybridized carbons (Fsp3) is 0.429. The smallest absolute Gasteiger partial charge is 0.223 e. The van der Waals surface area contributed by atoms with E-state index in [1.54, 1.807) is 4.90 Å². The summed E-state index contributed by atoms with van der Waals surface area (Å²) < 4.78 is 13.0. The Bertz CT molecular complexity index is 471. The summed E-state index contributed by atoms with van der Waals surface area (Å²) in [5.41, 5.74) is 5.69. The maximum absolute atomic E-state index is 13.0. The molecular weight excluding hydrogens is 247 g/mol. The highest BCUT2D eigenvalue weighted by Gasteiger charge is 2.14. The zero-order valence-corrected chi connectivity index (χ0v) is 11.3. The van der Waals surface area contributed by atoms with Crippen LogP contribution in [0.15, 0.2) is 18.2 Å². The predicted octanol–water partition coefficient (Wildman–Crippen LogP) is 2.24.